The summed E-state index contributed by atoms with van der Waals surface area (Å²) in [5.74, 6) is 1.65. The molecule has 2 nitrogen and oxygen atoms in total. The third kappa shape index (κ3) is 3.62. The molecule has 0 saturated heterocycles. The molecule has 1 aliphatic rings. The zero-order chi connectivity index (χ0) is 14.5. The second-order valence-electron chi connectivity index (χ2n) is 6.35. The van der Waals surface area contributed by atoms with Gasteiger partial charge in [0.05, 0.1) is 5.52 Å². The Morgan fingerprint density at radius 2 is 1.95 bits per heavy atom. The summed E-state index contributed by atoms with van der Waals surface area (Å²) < 4.78 is 0. The third-order valence-electron chi connectivity index (χ3n) is 4.78. The van der Waals surface area contributed by atoms with E-state index in [2.05, 4.69) is 48.6 Å². The summed E-state index contributed by atoms with van der Waals surface area (Å²) in [6.07, 6.45) is 6.51. The first-order chi connectivity index (χ1) is 10.4. The van der Waals surface area contributed by atoms with Crippen molar-refractivity contribution in [1.29, 1.82) is 0 Å². The molecule has 1 saturated carbocycles. The van der Waals surface area contributed by atoms with Crippen molar-refractivity contribution in [3.05, 3.63) is 42.1 Å². The normalized spacial score (nSPS) is 22.0. The lowest BCUT2D eigenvalue weighted by Crippen LogP contribution is -2.26. The predicted molar refractivity (Wildman–Crippen MR) is 89.4 cm³/mol. The minimum Gasteiger partial charge on any atom is -0.316 e. The molecule has 2 aromatic rings. The van der Waals surface area contributed by atoms with Gasteiger partial charge in [-0.1, -0.05) is 37.6 Å². The molecule has 1 fully saturated rings. The van der Waals surface area contributed by atoms with E-state index in [0.717, 1.165) is 30.3 Å². The van der Waals surface area contributed by atoms with Crippen LogP contribution >= 0.6 is 0 Å². The van der Waals surface area contributed by atoms with Gasteiger partial charge in [-0.15, -0.1) is 0 Å². The van der Waals surface area contributed by atoms with E-state index in [0.29, 0.717) is 0 Å². The lowest BCUT2D eigenvalue weighted by molar-refractivity contribution is 0.363. The monoisotopic (exact) mass is 282 g/mol. The second kappa shape index (κ2) is 7.04. The van der Waals surface area contributed by atoms with Crippen LogP contribution in [-0.4, -0.2) is 18.1 Å². The number of hydrogen-bond acceptors (Lipinski definition) is 2. The molecule has 2 unspecified atom stereocenters. The van der Waals surface area contributed by atoms with Crippen molar-refractivity contribution in [2.75, 3.05) is 13.1 Å². The Balaban J connectivity index is 1.66. The highest BCUT2D eigenvalue weighted by Gasteiger charge is 2.27. The fourth-order valence-electron chi connectivity index (χ4n) is 3.61. The van der Waals surface area contributed by atoms with Gasteiger partial charge >= 0.3 is 0 Å². The Labute approximate surface area is 128 Å². The molecule has 112 valence electrons. The molecule has 0 bridgehead atoms. The number of aromatic nitrogens is 1. The summed E-state index contributed by atoms with van der Waals surface area (Å²) in [6.45, 7) is 4.57. The van der Waals surface area contributed by atoms with Crippen molar-refractivity contribution < 1.29 is 0 Å². The molecule has 3 rings (SSSR count). The van der Waals surface area contributed by atoms with E-state index in [4.69, 9.17) is 4.98 Å². The quantitative estimate of drug-likeness (QED) is 0.803. The van der Waals surface area contributed by atoms with Crippen molar-refractivity contribution >= 4 is 10.9 Å². The van der Waals surface area contributed by atoms with E-state index < -0.39 is 0 Å². The molecule has 0 spiro atoms. The summed E-state index contributed by atoms with van der Waals surface area (Å²) in [4.78, 5) is 4.85. The van der Waals surface area contributed by atoms with Gasteiger partial charge in [-0.25, -0.2) is 0 Å². The van der Waals surface area contributed by atoms with E-state index in [1.54, 1.807) is 0 Å². The van der Waals surface area contributed by atoms with Gasteiger partial charge in [0.15, 0.2) is 0 Å². The molecule has 0 amide bonds. The Bertz CT molecular complexity index is 579. The van der Waals surface area contributed by atoms with Crippen LogP contribution in [0.25, 0.3) is 10.9 Å². The molecular weight excluding hydrogens is 256 g/mol. The highest BCUT2D eigenvalue weighted by atomic mass is 14.9. The number of benzene rings is 1. The van der Waals surface area contributed by atoms with Crippen molar-refractivity contribution in [2.45, 2.75) is 39.0 Å². The standard InChI is InChI=1S/C19H26N2/c1-2-12-20-14-17-8-5-7-16(17)13-18-11-10-15-6-3-4-9-19(15)21-18/h3-4,6,9-11,16-17,20H,2,5,7-8,12-14H2,1H3. The van der Waals surface area contributed by atoms with Gasteiger partial charge in [0.2, 0.25) is 0 Å². The summed E-state index contributed by atoms with van der Waals surface area (Å²) in [6, 6.07) is 12.9. The van der Waals surface area contributed by atoms with Crippen LogP contribution < -0.4 is 5.32 Å². The number of pyridine rings is 1. The molecule has 1 heterocycles. The fraction of sp³-hybridized carbons (Fsp3) is 0.526. The molecule has 21 heavy (non-hydrogen) atoms. The van der Waals surface area contributed by atoms with E-state index in [-0.39, 0.29) is 0 Å². The maximum absolute atomic E-state index is 4.85. The maximum atomic E-state index is 4.85. The largest absolute Gasteiger partial charge is 0.316 e. The topological polar surface area (TPSA) is 24.9 Å². The van der Waals surface area contributed by atoms with Gasteiger partial charge in [0.25, 0.3) is 0 Å². The second-order valence-corrected chi connectivity index (χ2v) is 6.35. The van der Waals surface area contributed by atoms with Crippen LogP contribution in [0, 0.1) is 11.8 Å². The van der Waals surface area contributed by atoms with Crippen LogP contribution in [-0.2, 0) is 6.42 Å². The van der Waals surface area contributed by atoms with Gasteiger partial charge in [-0.2, -0.15) is 0 Å². The molecule has 1 aromatic carbocycles. The summed E-state index contributed by atoms with van der Waals surface area (Å²) in [5.41, 5.74) is 2.40. The number of nitrogens with zero attached hydrogens (tertiary/aromatic N) is 1. The number of rotatable bonds is 6. The molecule has 0 radical (unpaired) electrons. The van der Waals surface area contributed by atoms with Crippen LogP contribution in [0.4, 0.5) is 0 Å². The fourth-order valence-corrected chi connectivity index (χ4v) is 3.61. The van der Waals surface area contributed by atoms with Gasteiger partial charge < -0.3 is 5.32 Å². The Kier molecular flexibility index (Phi) is 4.87. The SMILES string of the molecule is CCCNCC1CCCC1Cc1ccc2ccccc2n1. The molecule has 1 aromatic heterocycles. The maximum Gasteiger partial charge on any atom is 0.0705 e. The summed E-state index contributed by atoms with van der Waals surface area (Å²) >= 11 is 0. The summed E-state index contributed by atoms with van der Waals surface area (Å²) in [7, 11) is 0. The highest BCUT2D eigenvalue weighted by molar-refractivity contribution is 5.78. The lowest BCUT2D eigenvalue weighted by Gasteiger charge is -2.20. The van der Waals surface area contributed by atoms with Crippen molar-refractivity contribution in [3.63, 3.8) is 0 Å². The van der Waals surface area contributed by atoms with E-state index in [9.17, 15) is 0 Å². The Morgan fingerprint density at radius 1 is 1.10 bits per heavy atom. The van der Waals surface area contributed by atoms with Crippen molar-refractivity contribution in [1.82, 2.24) is 10.3 Å². The van der Waals surface area contributed by atoms with Crippen LogP contribution in [0.1, 0.15) is 38.3 Å². The van der Waals surface area contributed by atoms with Crippen LogP contribution in [0.5, 0.6) is 0 Å². The molecular formula is C19H26N2. The minimum absolute atomic E-state index is 0.808. The van der Waals surface area contributed by atoms with Crippen LogP contribution in [0.3, 0.4) is 0 Å². The molecule has 0 aliphatic heterocycles. The van der Waals surface area contributed by atoms with Gasteiger partial charge in [-0.05, 0) is 62.7 Å². The number of para-hydroxylation sites is 1. The number of fused-ring (bicyclic) bond motifs is 1. The van der Waals surface area contributed by atoms with Gasteiger partial charge in [0, 0.05) is 11.1 Å². The smallest absolute Gasteiger partial charge is 0.0705 e. The molecule has 1 aliphatic carbocycles. The molecule has 2 atom stereocenters. The zero-order valence-electron chi connectivity index (χ0n) is 13.0. The summed E-state index contributed by atoms with van der Waals surface area (Å²) in [5, 5.41) is 4.85. The van der Waals surface area contributed by atoms with Gasteiger partial charge in [-0.3, -0.25) is 4.98 Å². The lowest BCUT2D eigenvalue weighted by atomic mass is 9.91. The Hall–Kier alpha value is -1.41. The first-order valence-corrected chi connectivity index (χ1v) is 8.42. The molecule has 1 N–H and O–H groups in total. The minimum atomic E-state index is 0.808. The Morgan fingerprint density at radius 3 is 2.86 bits per heavy atom. The van der Waals surface area contributed by atoms with Gasteiger partial charge in [0.1, 0.15) is 0 Å². The average Bonchev–Trinajstić information content (AvgIpc) is 2.95. The van der Waals surface area contributed by atoms with E-state index >= 15 is 0 Å². The first kappa shape index (κ1) is 14.5. The average molecular weight is 282 g/mol. The zero-order valence-corrected chi connectivity index (χ0v) is 13.0. The van der Waals surface area contributed by atoms with Crippen LogP contribution in [0.2, 0.25) is 0 Å². The first-order valence-electron chi connectivity index (χ1n) is 8.42. The molecule has 2 heteroatoms. The van der Waals surface area contributed by atoms with Crippen molar-refractivity contribution in [3.8, 4) is 0 Å². The highest BCUT2D eigenvalue weighted by Crippen LogP contribution is 2.33. The number of hydrogen-bond donors (Lipinski definition) is 1. The third-order valence-corrected chi connectivity index (χ3v) is 4.78. The van der Waals surface area contributed by atoms with Crippen molar-refractivity contribution in [2.24, 2.45) is 11.8 Å². The van der Waals surface area contributed by atoms with E-state index in [1.165, 1.54) is 43.3 Å². The van der Waals surface area contributed by atoms with E-state index in [1.807, 2.05) is 0 Å². The number of nitrogens with one attached hydrogen (secondary N) is 1. The van der Waals surface area contributed by atoms with Crippen LogP contribution in [0.15, 0.2) is 36.4 Å². The predicted octanol–water partition coefficient (Wildman–Crippen LogP) is 4.19.